The highest BCUT2D eigenvalue weighted by Gasteiger charge is 2.47. The molecule has 6 nitrogen and oxygen atoms in total. The van der Waals surface area contributed by atoms with Crippen LogP contribution in [0.25, 0.3) is 5.76 Å². The van der Waals surface area contributed by atoms with Crippen LogP contribution in [0.5, 0.6) is 11.5 Å². The van der Waals surface area contributed by atoms with E-state index in [2.05, 4.69) is 27.7 Å². The van der Waals surface area contributed by atoms with Gasteiger partial charge in [-0.25, -0.2) is 0 Å². The Kier molecular flexibility index (Phi) is 8.20. The molecule has 1 unspecified atom stereocenters. The van der Waals surface area contributed by atoms with E-state index in [1.54, 1.807) is 48.5 Å². The van der Waals surface area contributed by atoms with Gasteiger partial charge in [0.1, 0.15) is 17.3 Å². The zero-order chi connectivity index (χ0) is 27.4. The average Bonchev–Trinajstić information content (AvgIpc) is 3.16. The predicted octanol–water partition coefficient (Wildman–Crippen LogP) is 6.69. The van der Waals surface area contributed by atoms with Gasteiger partial charge >= 0.3 is 0 Å². The van der Waals surface area contributed by atoms with Crippen LogP contribution >= 0.6 is 0 Å². The summed E-state index contributed by atoms with van der Waals surface area (Å²) in [5.41, 5.74) is 2.68. The standard InChI is InChI=1S/C32H35NO5/c1-20(2)18-37-25-15-13-24(14-16-25)33-29(27-12-7-6-9-22(27)5)28(31(35)32(33)36)30(34)23-10-8-11-26(17-23)38-19-21(3)4/h6-17,20-21,29,34H,18-19H2,1-5H3/b30-28+. The highest BCUT2D eigenvalue weighted by Crippen LogP contribution is 2.43. The summed E-state index contributed by atoms with van der Waals surface area (Å²) < 4.78 is 11.6. The van der Waals surface area contributed by atoms with Crippen LogP contribution in [0, 0.1) is 18.8 Å². The summed E-state index contributed by atoms with van der Waals surface area (Å²) in [5.74, 6) is 0.327. The molecule has 0 saturated carbocycles. The number of nitrogens with zero attached hydrogens (tertiary/aromatic N) is 1. The van der Waals surface area contributed by atoms with E-state index in [4.69, 9.17) is 9.47 Å². The summed E-state index contributed by atoms with van der Waals surface area (Å²) in [6.45, 7) is 11.3. The number of aliphatic hydroxyl groups is 1. The van der Waals surface area contributed by atoms with Gasteiger partial charge in [-0.15, -0.1) is 0 Å². The Morgan fingerprint density at radius 2 is 1.47 bits per heavy atom. The maximum atomic E-state index is 13.5. The van der Waals surface area contributed by atoms with Gasteiger partial charge < -0.3 is 14.6 Å². The van der Waals surface area contributed by atoms with Crippen molar-refractivity contribution in [1.82, 2.24) is 0 Å². The highest BCUT2D eigenvalue weighted by atomic mass is 16.5. The molecule has 3 aromatic rings. The molecule has 0 spiro atoms. The number of aryl methyl sites for hydroxylation is 1. The first-order valence-electron chi connectivity index (χ1n) is 13.0. The molecule has 1 saturated heterocycles. The fourth-order valence-electron chi connectivity index (χ4n) is 4.40. The summed E-state index contributed by atoms with van der Waals surface area (Å²) in [4.78, 5) is 28.4. The topological polar surface area (TPSA) is 76.1 Å². The second-order valence-electron chi connectivity index (χ2n) is 10.5. The van der Waals surface area contributed by atoms with E-state index >= 15 is 0 Å². The Hall–Kier alpha value is -4.06. The third-order valence-corrected chi connectivity index (χ3v) is 6.32. The molecular weight excluding hydrogens is 478 g/mol. The lowest BCUT2D eigenvalue weighted by Gasteiger charge is -2.27. The van der Waals surface area contributed by atoms with E-state index in [9.17, 15) is 14.7 Å². The molecule has 0 bridgehead atoms. The number of Topliss-reactive ketones (excluding diaryl/α,β-unsaturated/α-hetero) is 1. The van der Waals surface area contributed by atoms with Gasteiger partial charge in [-0.3, -0.25) is 14.5 Å². The van der Waals surface area contributed by atoms with Crippen molar-refractivity contribution in [3.8, 4) is 11.5 Å². The first-order valence-corrected chi connectivity index (χ1v) is 13.0. The average molecular weight is 514 g/mol. The third-order valence-electron chi connectivity index (χ3n) is 6.32. The van der Waals surface area contributed by atoms with Crippen LogP contribution in [0.15, 0.2) is 78.4 Å². The molecule has 4 rings (SSSR count). The lowest BCUT2D eigenvalue weighted by molar-refractivity contribution is -0.132. The number of hydrogen-bond acceptors (Lipinski definition) is 5. The molecule has 1 aliphatic heterocycles. The molecule has 1 aliphatic rings. The smallest absolute Gasteiger partial charge is 0.300 e. The summed E-state index contributed by atoms with van der Waals surface area (Å²) in [7, 11) is 0. The van der Waals surface area contributed by atoms with Gasteiger partial charge in [0.05, 0.1) is 24.8 Å². The van der Waals surface area contributed by atoms with Crippen molar-refractivity contribution in [2.75, 3.05) is 18.1 Å². The van der Waals surface area contributed by atoms with Crippen molar-refractivity contribution in [3.05, 3.63) is 95.1 Å². The van der Waals surface area contributed by atoms with Crippen LogP contribution in [0.2, 0.25) is 0 Å². The van der Waals surface area contributed by atoms with E-state index in [1.807, 2.05) is 31.2 Å². The first-order chi connectivity index (χ1) is 18.2. The number of rotatable bonds is 9. The van der Waals surface area contributed by atoms with Crippen LogP contribution in [0.1, 0.15) is 50.4 Å². The molecule has 1 fully saturated rings. The molecule has 0 aliphatic carbocycles. The number of ether oxygens (including phenoxy) is 2. The number of hydrogen-bond donors (Lipinski definition) is 1. The number of carbonyl (C=O) groups excluding carboxylic acids is 2. The molecule has 1 N–H and O–H groups in total. The van der Waals surface area contributed by atoms with Crippen molar-refractivity contribution in [2.45, 2.75) is 40.7 Å². The predicted molar refractivity (Wildman–Crippen MR) is 150 cm³/mol. The highest BCUT2D eigenvalue weighted by molar-refractivity contribution is 6.51. The van der Waals surface area contributed by atoms with Crippen molar-refractivity contribution >= 4 is 23.1 Å². The Bertz CT molecular complexity index is 1340. The van der Waals surface area contributed by atoms with Gasteiger partial charge in [0.2, 0.25) is 0 Å². The zero-order valence-corrected chi connectivity index (χ0v) is 22.6. The van der Waals surface area contributed by atoms with Gasteiger partial charge in [-0.2, -0.15) is 0 Å². The van der Waals surface area contributed by atoms with Gasteiger partial charge in [0.25, 0.3) is 11.7 Å². The van der Waals surface area contributed by atoms with Gasteiger partial charge in [-0.1, -0.05) is 64.1 Å². The molecule has 1 atom stereocenters. The molecule has 198 valence electrons. The van der Waals surface area contributed by atoms with Crippen LogP contribution in [-0.4, -0.2) is 30.0 Å². The van der Waals surface area contributed by atoms with Gasteiger partial charge in [0.15, 0.2) is 0 Å². The number of ketones is 1. The molecule has 3 aromatic carbocycles. The molecule has 38 heavy (non-hydrogen) atoms. The van der Waals surface area contributed by atoms with Gasteiger partial charge in [-0.05, 0) is 66.3 Å². The largest absolute Gasteiger partial charge is 0.507 e. The van der Waals surface area contributed by atoms with Crippen molar-refractivity contribution < 1.29 is 24.2 Å². The first kappa shape index (κ1) is 27.0. The minimum absolute atomic E-state index is 0.0467. The Morgan fingerprint density at radius 1 is 0.842 bits per heavy atom. The third kappa shape index (κ3) is 5.75. The number of amides is 1. The van der Waals surface area contributed by atoms with E-state index in [1.165, 1.54) is 4.90 Å². The fraction of sp³-hybridized carbons (Fsp3) is 0.312. The molecule has 1 amide bonds. The lowest BCUT2D eigenvalue weighted by Crippen LogP contribution is -2.29. The Balaban J connectivity index is 1.80. The molecule has 6 heteroatoms. The maximum Gasteiger partial charge on any atom is 0.300 e. The van der Waals surface area contributed by atoms with E-state index in [-0.39, 0.29) is 11.3 Å². The number of aliphatic hydroxyl groups excluding tert-OH is 1. The van der Waals surface area contributed by atoms with Crippen molar-refractivity contribution in [1.29, 1.82) is 0 Å². The fourth-order valence-corrected chi connectivity index (χ4v) is 4.40. The van der Waals surface area contributed by atoms with E-state index in [0.29, 0.717) is 47.8 Å². The number of anilines is 1. The molecule has 0 radical (unpaired) electrons. The van der Waals surface area contributed by atoms with Crippen LogP contribution in [0.4, 0.5) is 5.69 Å². The molecule has 0 aromatic heterocycles. The second kappa shape index (κ2) is 11.5. The lowest BCUT2D eigenvalue weighted by atomic mass is 9.92. The zero-order valence-electron chi connectivity index (χ0n) is 22.6. The Labute approximate surface area is 224 Å². The Morgan fingerprint density at radius 3 is 2.11 bits per heavy atom. The summed E-state index contributed by atoms with van der Waals surface area (Å²) >= 11 is 0. The summed E-state index contributed by atoms with van der Waals surface area (Å²) in [5, 5.41) is 11.5. The maximum absolute atomic E-state index is 13.5. The monoisotopic (exact) mass is 513 g/mol. The number of benzene rings is 3. The van der Waals surface area contributed by atoms with Crippen LogP contribution < -0.4 is 14.4 Å². The normalized spacial score (nSPS) is 16.9. The van der Waals surface area contributed by atoms with E-state index in [0.717, 1.165) is 11.1 Å². The molecule has 1 heterocycles. The number of carbonyl (C=O) groups is 2. The van der Waals surface area contributed by atoms with E-state index < -0.39 is 17.7 Å². The second-order valence-corrected chi connectivity index (χ2v) is 10.5. The summed E-state index contributed by atoms with van der Waals surface area (Å²) in [6, 6.07) is 20.9. The van der Waals surface area contributed by atoms with Crippen molar-refractivity contribution in [3.63, 3.8) is 0 Å². The minimum Gasteiger partial charge on any atom is -0.507 e. The van der Waals surface area contributed by atoms with Crippen LogP contribution in [0.3, 0.4) is 0 Å². The summed E-state index contributed by atoms with van der Waals surface area (Å²) in [6.07, 6.45) is 0. The van der Waals surface area contributed by atoms with Crippen LogP contribution in [-0.2, 0) is 9.59 Å². The minimum atomic E-state index is -0.793. The molecular formula is C32H35NO5. The van der Waals surface area contributed by atoms with Gasteiger partial charge in [0, 0.05) is 11.3 Å². The van der Waals surface area contributed by atoms with Crippen molar-refractivity contribution in [2.24, 2.45) is 11.8 Å². The quantitative estimate of drug-likeness (QED) is 0.196. The SMILES string of the molecule is Cc1ccccc1C1/C(=C(\O)c2cccc(OCC(C)C)c2)C(=O)C(=O)N1c1ccc(OCC(C)C)cc1.